The van der Waals surface area contributed by atoms with Gasteiger partial charge in [0.15, 0.2) is 11.5 Å². The molecule has 24 heavy (non-hydrogen) atoms. The molecule has 0 bridgehead atoms. The molecule has 0 saturated carbocycles. The number of carbonyl (C=O) groups excluding carboxylic acids is 1. The van der Waals surface area contributed by atoms with Crippen LogP contribution in [0.2, 0.25) is 5.02 Å². The van der Waals surface area contributed by atoms with E-state index in [1.807, 2.05) is 6.92 Å². The Hall–Kier alpha value is -2.67. The van der Waals surface area contributed by atoms with Crippen LogP contribution in [0.25, 0.3) is 10.9 Å². The smallest absolute Gasteiger partial charge is 0.280 e. The molecule has 7 nitrogen and oxygen atoms in total. The van der Waals surface area contributed by atoms with Crippen LogP contribution in [0.4, 0.5) is 5.69 Å². The fourth-order valence-corrected chi connectivity index (χ4v) is 2.66. The number of benzene rings is 1. The van der Waals surface area contributed by atoms with Gasteiger partial charge in [-0.3, -0.25) is 14.3 Å². The largest absolute Gasteiger partial charge is 0.359 e. The predicted octanol–water partition coefficient (Wildman–Crippen LogP) is 2.93. The van der Waals surface area contributed by atoms with E-state index in [0.29, 0.717) is 39.6 Å². The molecule has 124 valence electrons. The molecule has 0 saturated heterocycles. The van der Waals surface area contributed by atoms with E-state index in [2.05, 4.69) is 15.6 Å². The first-order chi connectivity index (χ1) is 11.4. The number of nitrogens with one attached hydrogen (secondary N) is 1. The van der Waals surface area contributed by atoms with E-state index in [1.165, 1.54) is 0 Å². The third-order valence-corrected chi connectivity index (χ3v) is 3.94. The van der Waals surface area contributed by atoms with Crippen LogP contribution in [0.5, 0.6) is 0 Å². The Labute approximate surface area is 142 Å². The number of carbonyl (C=O) groups is 1. The van der Waals surface area contributed by atoms with Gasteiger partial charge in [-0.1, -0.05) is 16.8 Å². The number of aromatic nitrogens is 3. The van der Waals surface area contributed by atoms with Crippen molar-refractivity contribution in [1.29, 1.82) is 0 Å². The van der Waals surface area contributed by atoms with E-state index in [-0.39, 0.29) is 5.69 Å². The van der Waals surface area contributed by atoms with Gasteiger partial charge in [-0.2, -0.15) is 5.10 Å². The van der Waals surface area contributed by atoms with Crippen molar-refractivity contribution in [3.8, 4) is 0 Å². The standard InChI is InChI=1S/C16H15ClN4O3/c1-4-21-12-6-5-10(17)7-11(12)15(22)14(19-21)16(23)18-13-8(2)20-24-9(13)3/h5-7H,4H2,1-3H3,(H,18,23). The number of rotatable bonds is 3. The lowest BCUT2D eigenvalue weighted by Gasteiger charge is -2.10. The van der Waals surface area contributed by atoms with E-state index in [1.54, 1.807) is 36.7 Å². The summed E-state index contributed by atoms with van der Waals surface area (Å²) < 4.78 is 6.60. The molecule has 0 unspecified atom stereocenters. The van der Waals surface area contributed by atoms with Crippen molar-refractivity contribution in [2.24, 2.45) is 0 Å². The first kappa shape index (κ1) is 16.2. The number of anilines is 1. The molecule has 0 aliphatic heterocycles. The molecule has 0 aliphatic carbocycles. The highest BCUT2D eigenvalue weighted by Gasteiger charge is 2.20. The summed E-state index contributed by atoms with van der Waals surface area (Å²) >= 11 is 5.98. The summed E-state index contributed by atoms with van der Waals surface area (Å²) in [6.07, 6.45) is 0. The van der Waals surface area contributed by atoms with E-state index in [4.69, 9.17) is 16.1 Å². The third-order valence-electron chi connectivity index (χ3n) is 3.70. The molecule has 3 aromatic rings. The number of hydrogen-bond donors (Lipinski definition) is 1. The van der Waals surface area contributed by atoms with Gasteiger partial charge in [0.25, 0.3) is 5.91 Å². The summed E-state index contributed by atoms with van der Waals surface area (Å²) in [5, 5.41) is 11.4. The molecule has 2 aromatic heterocycles. The number of fused-ring (bicyclic) bond motifs is 1. The van der Waals surface area contributed by atoms with E-state index >= 15 is 0 Å². The highest BCUT2D eigenvalue weighted by Crippen LogP contribution is 2.20. The molecule has 0 fully saturated rings. The van der Waals surface area contributed by atoms with Crippen molar-refractivity contribution in [2.75, 3.05) is 5.32 Å². The highest BCUT2D eigenvalue weighted by atomic mass is 35.5. The second-order valence-electron chi connectivity index (χ2n) is 5.31. The average Bonchev–Trinajstić information content (AvgIpc) is 2.87. The minimum absolute atomic E-state index is 0.202. The normalized spacial score (nSPS) is 11.0. The molecule has 0 radical (unpaired) electrons. The molecule has 8 heteroatoms. The van der Waals surface area contributed by atoms with Gasteiger partial charge >= 0.3 is 0 Å². The van der Waals surface area contributed by atoms with Crippen LogP contribution in [-0.4, -0.2) is 20.8 Å². The van der Waals surface area contributed by atoms with E-state index < -0.39 is 11.3 Å². The fourth-order valence-electron chi connectivity index (χ4n) is 2.49. The zero-order chi connectivity index (χ0) is 17.4. The van der Waals surface area contributed by atoms with Crippen molar-refractivity contribution >= 4 is 34.1 Å². The second kappa shape index (κ2) is 6.09. The van der Waals surface area contributed by atoms with Crippen molar-refractivity contribution in [2.45, 2.75) is 27.3 Å². The SMILES string of the molecule is CCn1nc(C(=O)Nc2c(C)noc2C)c(=O)c2cc(Cl)ccc21. The van der Waals surface area contributed by atoms with Crippen molar-refractivity contribution in [1.82, 2.24) is 14.9 Å². The molecule has 0 aliphatic rings. The lowest BCUT2D eigenvalue weighted by molar-refractivity contribution is 0.101. The first-order valence-corrected chi connectivity index (χ1v) is 7.74. The van der Waals surface area contributed by atoms with Gasteiger partial charge in [0, 0.05) is 11.6 Å². The van der Waals surface area contributed by atoms with Gasteiger partial charge in [-0.15, -0.1) is 0 Å². The van der Waals surface area contributed by atoms with Gasteiger partial charge in [0.05, 0.1) is 10.9 Å². The number of halogens is 1. The van der Waals surface area contributed by atoms with Gasteiger partial charge < -0.3 is 9.84 Å². The molecule has 1 N–H and O–H groups in total. The van der Waals surface area contributed by atoms with Crippen LogP contribution in [0.1, 0.15) is 28.9 Å². The summed E-state index contributed by atoms with van der Waals surface area (Å²) in [4.78, 5) is 25.2. The lowest BCUT2D eigenvalue weighted by atomic mass is 10.2. The van der Waals surface area contributed by atoms with Crippen molar-refractivity contribution in [3.63, 3.8) is 0 Å². The Morgan fingerprint density at radius 2 is 2.12 bits per heavy atom. The summed E-state index contributed by atoms with van der Waals surface area (Å²) in [5.41, 5.74) is 0.921. The Kier molecular flexibility index (Phi) is 4.11. The maximum Gasteiger partial charge on any atom is 0.280 e. The Morgan fingerprint density at radius 1 is 1.38 bits per heavy atom. The lowest BCUT2D eigenvalue weighted by Crippen LogP contribution is -2.27. The van der Waals surface area contributed by atoms with Crippen LogP contribution in [-0.2, 0) is 6.54 Å². The summed E-state index contributed by atoms with van der Waals surface area (Å²) in [5.74, 6) is -0.154. The Morgan fingerprint density at radius 3 is 2.75 bits per heavy atom. The highest BCUT2D eigenvalue weighted by molar-refractivity contribution is 6.31. The zero-order valence-electron chi connectivity index (χ0n) is 13.4. The monoisotopic (exact) mass is 346 g/mol. The maximum absolute atomic E-state index is 12.7. The minimum Gasteiger partial charge on any atom is -0.359 e. The van der Waals surface area contributed by atoms with Crippen LogP contribution >= 0.6 is 11.6 Å². The first-order valence-electron chi connectivity index (χ1n) is 7.37. The minimum atomic E-state index is -0.613. The molecular formula is C16H15ClN4O3. The van der Waals surface area contributed by atoms with Gasteiger partial charge in [0.1, 0.15) is 11.4 Å². The number of hydrogen-bond acceptors (Lipinski definition) is 5. The summed E-state index contributed by atoms with van der Waals surface area (Å²) in [6, 6.07) is 4.94. The molecule has 1 amide bonds. The second-order valence-corrected chi connectivity index (χ2v) is 5.74. The van der Waals surface area contributed by atoms with Crippen LogP contribution in [0.3, 0.4) is 0 Å². The predicted molar refractivity (Wildman–Crippen MR) is 90.6 cm³/mol. The molecule has 2 heterocycles. The Bertz CT molecular complexity index is 987. The fraction of sp³-hybridized carbons (Fsp3) is 0.250. The topological polar surface area (TPSA) is 90.0 Å². The van der Waals surface area contributed by atoms with Gasteiger partial charge in [-0.25, -0.2) is 0 Å². The van der Waals surface area contributed by atoms with Crippen LogP contribution < -0.4 is 10.7 Å². The summed E-state index contributed by atoms with van der Waals surface area (Å²) in [6.45, 7) is 5.75. The third kappa shape index (κ3) is 2.67. The molecule has 3 rings (SSSR count). The maximum atomic E-state index is 12.7. The van der Waals surface area contributed by atoms with E-state index in [0.717, 1.165) is 0 Å². The Balaban J connectivity index is 2.14. The molecule has 1 aromatic carbocycles. The average molecular weight is 347 g/mol. The molecule has 0 spiro atoms. The quantitative estimate of drug-likeness (QED) is 0.787. The van der Waals surface area contributed by atoms with Crippen molar-refractivity contribution < 1.29 is 9.32 Å². The molecular weight excluding hydrogens is 332 g/mol. The van der Waals surface area contributed by atoms with Gasteiger partial charge in [0.2, 0.25) is 5.43 Å². The van der Waals surface area contributed by atoms with Crippen molar-refractivity contribution in [3.05, 3.63) is 50.6 Å². The number of aryl methyl sites for hydroxylation is 3. The van der Waals surface area contributed by atoms with Gasteiger partial charge in [-0.05, 0) is 39.0 Å². The number of nitrogens with zero attached hydrogens (tertiary/aromatic N) is 3. The molecule has 0 atom stereocenters. The van der Waals surface area contributed by atoms with Crippen LogP contribution in [0, 0.1) is 13.8 Å². The summed E-state index contributed by atoms with van der Waals surface area (Å²) in [7, 11) is 0. The zero-order valence-corrected chi connectivity index (χ0v) is 14.1. The van der Waals surface area contributed by atoms with E-state index in [9.17, 15) is 9.59 Å². The van der Waals surface area contributed by atoms with Crippen LogP contribution in [0.15, 0.2) is 27.5 Å². The number of amides is 1.